The lowest BCUT2D eigenvalue weighted by molar-refractivity contribution is 0.101. The molecule has 5 nitrogen and oxygen atoms in total. The standard InChI is InChI=1S/C18H16ClN3O2/c1-3-22-15-8-7-12(19)10-14(15)17(23)16(21-22)18(24)20-13-6-4-5-11(2)9-13/h4-10H,3H2,1-2H3,(H,20,24). The van der Waals surface area contributed by atoms with Crippen LogP contribution in [0, 0.1) is 6.92 Å². The molecule has 0 fully saturated rings. The van der Waals surface area contributed by atoms with Gasteiger partial charge in [-0.3, -0.25) is 14.3 Å². The minimum Gasteiger partial charge on any atom is -0.320 e. The minimum atomic E-state index is -0.533. The molecule has 0 spiro atoms. The molecular weight excluding hydrogens is 326 g/mol. The lowest BCUT2D eigenvalue weighted by Gasteiger charge is -2.11. The van der Waals surface area contributed by atoms with Crippen LogP contribution in [-0.4, -0.2) is 15.7 Å². The number of nitrogens with one attached hydrogen (secondary N) is 1. The van der Waals surface area contributed by atoms with Crippen molar-refractivity contribution in [3.63, 3.8) is 0 Å². The van der Waals surface area contributed by atoms with Gasteiger partial charge >= 0.3 is 0 Å². The molecule has 0 aliphatic heterocycles. The van der Waals surface area contributed by atoms with Crippen LogP contribution in [0.15, 0.2) is 47.3 Å². The van der Waals surface area contributed by atoms with Crippen molar-refractivity contribution in [2.24, 2.45) is 0 Å². The highest BCUT2D eigenvalue weighted by Crippen LogP contribution is 2.17. The second-order valence-electron chi connectivity index (χ2n) is 5.48. The van der Waals surface area contributed by atoms with Gasteiger partial charge in [-0.1, -0.05) is 23.7 Å². The molecule has 0 unspecified atom stereocenters. The van der Waals surface area contributed by atoms with E-state index in [1.54, 1.807) is 28.9 Å². The van der Waals surface area contributed by atoms with Crippen molar-refractivity contribution in [2.75, 3.05) is 5.32 Å². The number of benzene rings is 2. The van der Waals surface area contributed by atoms with Gasteiger partial charge in [-0.05, 0) is 49.7 Å². The zero-order valence-electron chi connectivity index (χ0n) is 13.3. The van der Waals surface area contributed by atoms with E-state index in [1.165, 1.54) is 0 Å². The van der Waals surface area contributed by atoms with Crippen molar-refractivity contribution in [3.05, 3.63) is 69.0 Å². The average Bonchev–Trinajstić information content (AvgIpc) is 2.55. The number of anilines is 1. The Kier molecular flexibility index (Phi) is 4.36. The number of fused-ring (bicyclic) bond motifs is 1. The van der Waals surface area contributed by atoms with Crippen molar-refractivity contribution in [2.45, 2.75) is 20.4 Å². The molecule has 2 aromatic carbocycles. The van der Waals surface area contributed by atoms with Gasteiger partial charge in [-0.2, -0.15) is 5.10 Å². The number of aromatic nitrogens is 2. The van der Waals surface area contributed by atoms with E-state index in [-0.39, 0.29) is 5.69 Å². The predicted molar refractivity (Wildman–Crippen MR) is 95.8 cm³/mol. The monoisotopic (exact) mass is 341 g/mol. The molecule has 122 valence electrons. The van der Waals surface area contributed by atoms with Gasteiger partial charge in [0.05, 0.1) is 10.9 Å². The number of halogens is 1. The molecule has 3 aromatic rings. The number of hydrogen-bond acceptors (Lipinski definition) is 3. The first-order chi connectivity index (χ1) is 11.5. The van der Waals surface area contributed by atoms with Gasteiger partial charge in [-0.25, -0.2) is 0 Å². The summed E-state index contributed by atoms with van der Waals surface area (Å²) < 4.78 is 1.62. The van der Waals surface area contributed by atoms with Crippen LogP contribution in [-0.2, 0) is 6.54 Å². The first kappa shape index (κ1) is 16.2. The highest BCUT2D eigenvalue weighted by molar-refractivity contribution is 6.31. The lowest BCUT2D eigenvalue weighted by atomic mass is 10.2. The summed E-state index contributed by atoms with van der Waals surface area (Å²) in [6.45, 7) is 4.35. The van der Waals surface area contributed by atoms with Gasteiger partial charge in [0.1, 0.15) is 0 Å². The van der Waals surface area contributed by atoms with Crippen molar-refractivity contribution in [1.29, 1.82) is 0 Å². The van der Waals surface area contributed by atoms with Gasteiger partial charge in [-0.15, -0.1) is 0 Å². The highest BCUT2D eigenvalue weighted by Gasteiger charge is 2.17. The summed E-state index contributed by atoms with van der Waals surface area (Å²) in [6, 6.07) is 12.4. The Morgan fingerprint density at radius 3 is 2.75 bits per heavy atom. The highest BCUT2D eigenvalue weighted by atomic mass is 35.5. The third kappa shape index (κ3) is 3.03. The minimum absolute atomic E-state index is 0.145. The van der Waals surface area contributed by atoms with Crippen LogP contribution < -0.4 is 10.7 Å². The quantitative estimate of drug-likeness (QED) is 0.791. The second-order valence-corrected chi connectivity index (χ2v) is 5.92. The Hall–Kier alpha value is -2.66. The van der Waals surface area contributed by atoms with Gasteiger partial charge in [0.25, 0.3) is 5.91 Å². The normalized spacial score (nSPS) is 10.8. The van der Waals surface area contributed by atoms with Crippen LogP contribution in [0.1, 0.15) is 23.0 Å². The maximum absolute atomic E-state index is 12.7. The van der Waals surface area contributed by atoms with Crippen molar-refractivity contribution in [1.82, 2.24) is 9.78 Å². The number of amides is 1. The van der Waals surface area contributed by atoms with Crippen LogP contribution in [0.25, 0.3) is 10.9 Å². The zero-order chi connectivity index (χ0) is 17.3. The van der Waals surface area contributed by atoms with Crippen LogP contribution >= 0.6 is 11.6 Å². The average molecular weight is 342 g/mol. The van der Waals surface area contributed by atoms with Crippen LogP contribution in [0.5, 0.6) is 0 Å². The first-order valence-corrected chi connectivity index (χ1v) is 7.96. The molecule has 0 radical (unpaired) electrons. The fourth-order valence-electron chi connectivity index (χ4n) is 2.57. The Morgan fingerprint density at radius 2 is 2.04 bits per heavy atom. The summed E-state index contributed by atoms with van der Waals surface area (Å²) in [4.78, 5) is 25.2. The first-order valence-electron chi connectivity index (χ1n) is 7.58. The third-order valence-corrected chi connectivity index (χ3v) is 3.94. The lowest BCUT2D eigenvalue weighted by Crippen LogP contribution is -2.27. The number of carbonyl (C=O) groups is 1. The molecule has 0 atom stereocenters. The van der Waals surface area contributed by atoms with Crippen molar-refractivity contribution >= 4 is 34.1 Å². The fourth-order valence-corrected chi connectivity index (χ4v) is 2.74. The van der Waals surface area contributed by atoms with Crippen molar-refractivity contribution in [3.8, 4) is 0 Å². The number of carbonyl (C=O) groups excluding carboxylic acids is 1. The molecule has 0 aliphatic rings. The van der Waals surface area contributed by atoms with Gasteiger partial charge in [0.15, 0.2) is 5.69 Å². The maximum Gasteiger partial charge on any atom is 0.280 e. The molecule has 3 rings (SSSR count). The van der Waals surface area contributed by atoms with Crippen LogP contribution in [0.2, 0.25) is 5.02 Å². The molecule has 0 saturated carbocycles. The summed E-state index contributed by atoms with van der Waals surface area (Å²) in [5, 5.41) is 7.77. The molecule has 0 bridgehead atoms. The largest absolute Gasteiger partial charge is 0.320 e. The third-order valence-electron chi connectivity index (χ3n) is 3.71. The smallest absolute Gasteiger partial charge is 0.280 e. The van der Waals surface area contributed by atoms with Crippen LogP contribution in [0.3, 0.4) is 0 Å². The molecule has 6 heteroatoms. The van der Waals surface area contributed by atoms with E-state index in [0.29, 0.717) is 28.2 Å². The van der Waals surface area contributed by atoms with Gasteiger partial charge in [0, 0.05) is 17.3 Å². The molecule has 1 heterocycles. The maximum atomic E-state index is 12.7. The van der Waals surface area contributed by atoms with Gasteiger partial charge in [0.2, 0.25) is 5.43 Å². The van der Waals surface area contributed by atoms with Crippen LogP contribution in [0.4, 0.5) is 5.69 Å². The molecule has 1 N–H and O–H groups in total. The summed E-state index contributed by atoms with van der Waals surface area (Å²) in [5.41, 5.74) is 1.71. The zero-order valence-corrected chi connectivity index (χ0v) is 14.1. The Morgan fingerprint density at radius 1 is 1.25 bits per heavy atom. The van der Waals surface area contributed by atoms with E-state index in [9.17, 15) is 9.59 Å². The molecule has 1 aromatic heterocycles. The number of hydrogen-bond donors (Lipinski definition) is 1. The summed E-state index contributed by atoms with van der Waals surface area (Å²) >= 11 is 6.00. The topological polar surface area (TPSA) is 64.0 Å². The Labute approximate surface area is 143 Å². The molecule has 1 amide bonds. The molecule has 0 aliphatic carbocycles. The molecular formula is C18H16ClN3O2. The second kappa shape index (κ2) is 6.45. The van der Waals surface area contributed by atoms with E-state index in [0.717, 1.165) is 5.56 Å². The summed E-state index contributed by atoms with van der Waals surface area (Å²) in [5.74, 6) is -0.533. The number of aryl methyl sites for hydroxylation is 2. The van der Waals surface area contributed by atoms with E-state index >= 15 is 0 Å². The van der Waals surface area contributed by atoms with E-state index in [2.05, 4.69) is 10.4 Å². The number of rotatable bonds is 3. The Bertz CT molecular complexity index is 995. The van der Waals surface area contributed by atoms with E-state index in [1.807, 2.05) is 32.0 Å². The van der Waals surface area contributed by atoms with E-state index < -0.39 is 11.3 Å². The Balaban J connectivity index is 2.10. The molecule has 24 heavy (non-hydrogen) atoms. The molecule has 0 saturated heterocycles. The SMILES string of the molecule is CCn1nc(C(=O)Nc2cccc(C)c2)c(=O)c2cc(Cl)ccc21. The van der Waals surface area contributed by atoms with E-state index in [4.69, 9.17) is 11.6 Å². The van der Waals surface area contributed by atoms with Gasteiger partial charge < -0.3 is 5.32 Å². The number of nitrogens with zero attached hydrogens (tertiary/aromatic N) is 2. The predicted octanol–water partition coefficient (Wildman–Crippen LogP) is 3.63. The fraction of sp³-hybridized carbons (Fsp3) is 0.167. The summed E-state index contributed by atoms with van der Waals surface area (Å²) in [7, 11) is 0. The van der Waals surface area contributed by atoms with Crippen molar-refractivity contribution < 1.29 is 4.79 Å². The summed E-state index contributed by atoms with van der Waals surface area (Å²) in [6.07, 6.45) is 0.